The van der Waals surface area contributed by atoms with Gasteiger partial charge >= 0.3 is 11.9 Å². The molecule has 0 aliphatic carbocycles. The molecule has 2 aromatic rings. The Labute approximate surface area is 197 Å². The van der Waals surface area contributed by atoms with Crippen molar-refractivity contribution in [3.05, 3.63) is 83.5 Å². The van der Waals surface area contributed by atoms with E-state index in [2.05, 4.69) is 9.89 Å². The molecule has 34 heavy (non-hydrogen) atoms. The van der Waals surface area contributed by atoms with Crippen molar-refractivity contribution in [3.63, 3.8) is 0 Å². The van der Waals surface area contributed by atoms with Crippen LogP contribution in [0.15, 0.2) is 71.9 Å². The standard InChI is InChI=1S/C26H27NO7/c1-32-24(30)17-33-27-20-12-8-3-2-4-9-13-23(18-10-6-5-7-11-18)34-26(31)25-19(14-20)15-21(28)16-22(25)29/h4-12,15-16,23,28-29H,2-3,13-14,17H2,1H3/b9-4+,12-8+,27-20?. The van der Waals surface area contributed by atoms with E-state index in [1.54, 1.807) is 6.08 Å². The number of phenolic OH excluding ortho intramolecular Hbond substituents is 2. The highest BCUT2D eigenvalue weighted by Crippen LogP contribution is 2.31. The quantitative estimate of drug-likeness (QED) is 0.391. The molecule has 0 amide bonds. The third-order valence-corrected chi connectivity index (χ3v) is 5.10. The summed E-state index contributed by atoms with van der Waals surface area (Å²) in [7, 11) is 1.24. The number of carbonyl (C=O) groups is 2. The van der Waals surface area contributed by atoms with Crippen LogP contribution in [-0.4, -0.2) is 41.6 Å². The number of methoxy groups -OCH3 is 1. The first-order valence-corrected chi connectivity index (χ1v) is 10.9. The molecule has 0 radical (unpaired) electrons. The Balaban J connectivity index is 1.98. The fraction of sp³-hybridized carbons (Fsp3) is 0.269. The Kier molecular flexibility index (Phi) is 8.85. The lowest BCUT2D eigenvalue weighted by Gasteiger charge is -2.19. The Hall–Kier alpha value is -4.07. The van der Waals surface area contributed by atoms with Gasteiger partial charge < -0.3 is 24.5 Å². The van der Waals surface area contributed by atoms with Crippen LogP contribution in [-0.2, 0) is 25.5 Å². The second-order valence-corrected chi connectivity index (χ2v) is 7.60. The molecule has 0 saturated heterocycles. The third kappa shape index (κ3) is 6.96. The minimum atomic E-state index is -0.731. The fourth-order valence-corrected chi connectivity index (χ4v) is 3.45. The van der Waals surface area contributed by atoms with E-state index >= 15 is 0 Å². The predicted molar refractivity (Wildman–Crippen MR) is 126 cm³/mol. The number of nitrogens with zero attached hydrogens (tertiary/aromatic N) is 1. The molecule has 0 bridgehead atoms. The lowest BCUT2D eigenvalue weighted by atomic mass is 9.99. The zero-order valence-corrected chi connectivity index (χ0v) is 18.8. The van der Waals surface area contributed by atoms with Gasteiger partial charge in [0.1, 0.15) is 23.2 Å². The molecule has 178 valence electrons. The summed E-state index contributed by atoms with van der Waals surface area (Å²) in [6, 6.07) is 11.8. The van der Waals surface area contributed by atoms with E-state index in [0.717, 1.165) is 24.5 Å². The summed E-state index contributed by atoms with van der Waals surface area (Å²) in [6.45, 7) is -0.379. The van der Waals surface area contributed by atoms with E-state index in [9.17, 15) is 19.8 Å². The molecule has 0 fully saturated rings. The molecular formula is C26H27NO7. The number of rotatable bonds is 4. The normalized spacial score (nSPS) is 19.9. The molecule has 1 aliphatic heterocycles. The largest absolute Gasteiger partial charge is 0.508 e. The van der Waals surface area contributed by atoms with Crippen LogP contribution in [0.1, 0.15) is 46.9 Å². The lowest BCUT2D eigenvalue weighted by Crippen LogP contribution is -2.15. The summed E-state index contributed by atoms with van der Waals surface area (Å²) in [6.07, 6.45) is 9.01. The number of aromatic hydroxyl groups is 2. The van der Waals surface area contributed by atoms with Crippen molar-refractivity contribution in [2.45, 2.75) is 31.8 Å². The van der Waals surface area contributed by atoms with Gasteiger partial charge in [-0.25, -0.2) is 9.59 Å². The molecule has 1 unspecified atom stereocenters. The molecule has 0 aromatic heterocycles. The Bertz CT molecular complexity index is 1090. The van der Waals surface area contributed by atoms with Crippen LogP contribution in [0.5, 0.6) is 11.5 Å². The van der Waals surface area contributed by atoms with Crippen LogP contribution in [0.4, 0.5) is 0 Å². The molecule has 0 saturated carbocycles. The number of esters is 2. The van der Waals surface area contributed by atoms with Crippen molar-refractivity contribution in [1.29, 1.82) is 0 Å². The Morgan fingerprint density at radius 1 is 1.12 bits per heavy atom. The monoisotopic (exact) mass is 465 g/mol. The summed E-state index contributed by atoms with van der Waals surface area (Å²) in [5, 5.41) is 24.5. The maximum Gasteiger partial charge on any atom is 0.346 e. The second-order valence-electron chi connectivity index (χ2n) is 7.60. The number of allylic oxidation sites excluding steroid dienone is 3. The van der Waals surface area contributed by atoms with Crippen LogP contribution in [0, 0.1) is 0 Å². The van der Waals surface area contributed by atoms with Gasteiger partial charge in [-0.2, -0.15) is 0 Å². The van der Waals surface area contributed by atoms with E-state index in [0.29, 0.717) is 17.7 Å². The highest BCUT2D eigenvalue weighted by molar-refractivity contribution is 6.00. The lowest BCUT2D eigenvalue weighted by molar-refractivity contribution is -0.145. The molecule has 1 aliphatic rings. The summed E-state index contributed by atoms with van der Waals surface area (Å²) < 4.78 is 10.3. The number of hydrogen-bond donors (Lipinski definition) is 2. The minimum Gasteiger partial charge on any atom is -0.508 e. The number of ether oxygens (including phenoxy) is 2. The zero-order chi connectivity index (χ0) is 24.3. The van der Waals surface area contributed by atoms with E-state index in [4.69, 9.17) is 9.57 Å². The van der Waals surface area contributed by atoms with Crippen LogP contribution >= 0.6 is 0 Å². The number of phenols is 2. The van der Waals surface area contributed by atoms with Gasteiger partial charge in [0.15, 0.2) is 0 Å². The second kappa shape index (κ2) is 12.2. The summed E-state index contributed by atoms with van der Waals surface area (Å²) in [5.41, 5.74) is 1.43. The van der Waals surface area contributed by atoms with Gasteiger partial charge in [-0.3, -0.25) is 0 Å². The fourth-order valence-electron chi connectivity index (χ4n) is 3.45. The van der Waals surface area contributed by atoms with Crippen LogP contribution in [0.2, 0.25) is 0 Å². The van der Waals surface area contributed by atoms with Crippen molar-refractivity contribution in [2.75, 3.05) is 13.7 Å². The molecule has 1 atom stereocenters. The minimum absolute atomic E-state index is 0.0376. The average Bonchev–Trinajstić information content (AvgIpc) is 2.82. The van der Waals surface area contributed by atoms with Crippen molar-refractivity contribution < 1.29 is 34.1 Å². The van der Waals surface area contributed by atoms with E-state index in [1.807, 2.05) is 48.6 Å². The summed E-state index contributed by atoms with van der Waals surface area (Å²) >= 11 is 0. The van der Waals surface area contributed by atoms with Gasteiger partial charge in [0.2, 0.25) is 6.61 Å². The van der Waals surface area contributed by atoms with Crippen molar-refractivity contribution >= 4 is 17.7 Å². The van der Waals surface area contributed by atoms with Crippen molar-refractivity contribution in [3.8, 4) is 11.5 Å². The van der Waals surface area contributed by atoms with Gasteiger partial charge in [-0.15, -0.1) is 0 Å². The first-order valence-electron chi connectivity index (χ1n) is 10.9. The first kappa shape index (κ1) is 24.6. The maximum absolute atomic E-state index is 13.2. The number of benzene rings is 2. The number of hydrogen-bond acceptors (Lipinski definition) is 8. The smallest absolute Gasteiger partial charge is 0.346 e. The molecule has 8 heteroatoms. The van der Waals surface area contributed by atoms with Crippen LogP contribution in [0.3, 0.4) is 0 Å². The van der Waals surface area contributed by atoms with Gasteiger partial charge in [0.05, 0.1) is 12.8 Å². The SMILES string of the molecule is COC(=O)CON=C1/C=C/CC/C=C/CC(c2ccccc2)OC(=O)c2c(O)cc(O)cc2C1. The van der Waals surface area contributed by atoms with E-state index in [1.165, 1.54) is 13.2 Å². The molecular weight excluding hydrogens is 438 g/mol. The van der Waals surface area contributed by atoms with E-state index < -0.39 is 23.8 Å². The number of oxime groups is 1. The average molecular weight is 466 g/mol. The number of cyclic esters (lactones) is 1. The molecule has 0 spiro atoms. The summed E-state index contributed by atoms with van der Waals surface area (Å²) in [5.74, 6) is -1.95. The van der Waals surface area contributed by atoms with Gasteiger partial charge in [-0.05, 0) is 36.1 Å². The first-order chi connectivity index (χ1) is 16.5. The highest BCUT2D eigenvalue weighted by atomic mass is 16.6. The molecule has 1 heterocycles. The zero-order valence-electron chi connectivity index (χ0n) is 18.8. The number of fused-ring (bicyclic) bond motifs is 1. The highest BCUT2D eigenvalue weighted by Gasteiger charge is 2.24. The topological polar surface area (TPSA) is 115 Å². The Morgan fingerprint density at radius 3 is 2.65 bits per heavy atom. The molecule has 2 aromatic carbocycles. The maximum atomic E-state index is 13.2. The molecule has 3 rings (SSSR count). The van der Waals surface area contributed by atoms with Crippen molar-refractivity contribution in [2.24, 2.45) is 5.16 Å². The van der Waals surface area contributed by atoms with Crippen molar-refractivity contribution in [1.82, 2.24) is 0 Å². The Morgan fingerprint density at radius 2 is 1.88 bits per heavy atom. The van der Waals surface area contributed by atoms with Gasteiger partial charge in [0.25, 0.3) is 0 Å². The van der Waals surface area contributed by atoms with Gasteiger partial charge in [0, 0.05) is 18.9 Å². The number of carbonyl (C=O) groups excluding carboxylic acids is 2. The summed E-state index contributed by atoms with van der Waals surface area (Å²) in [4.78, 5) is 29.6. The molecule has 8 nitrogen and oxygen atoms in total. The van der Waals surface area contributed by atoms with Crippen LogP contribution in [0.25, 0.3) is 0 Å². The van der Waals surface area contributed by atoms with E-state index in [-0.39, 0.29) is 24.3 Å². The van der Waals surface area contributed by atoms with Gasteiger partial charge in [-0.1, -0.05) is 53.7 Å². The third-order valence-electron chi connectivity index (χ3n) is 5.10. The van der Waals surface area contributed by atoms with Crippen LogP contribution < -0.4 is 0 Å². The predicted octanol–water partition coefficient (Wildman–Crippen LogP) is 4.38. The molecule has 2 N–H and O–H groups in total.